The Kier molecular flexibility index (Phi) is 7.65. The van der Waals surface area contributed by atoms with Crippen LogP contribution in [0.4, 0.5) is 0 Å². The van der Waals surface area contributed by atoms with E-state index in [1.165, 1.54) is 5.56 Å². The van der Waals surface area contributed by atoms with Gasteiger partial charge in [-0.3, -0.25) is 4.79 Å². The lowest BCUT2D eigenvalue weighted by molar-refractivity contribution is 0.0951. The molecule has 5 aromatic rings. The van der Waals surface area contributed by atoms with Crippen molar-refractivity contribution < 1.29 is 9.53 Å². The number of amides is 1. The molecule has 0 spiro atoms. The highest BCUT2D eigenvalue weighted by Gasteiger charge is 2.14. The molecule has 190 valence electrons. The van der Waals surface area contributed by atoms with Crippen LogP contribution >= 0.6 is 0 Å². The van der Waals surface area contributed by atoms with Gasteiger partial charge < -0.3 is 10.1 Å². The zero-order valence-electron chi connectivity index (χ0n) is 21.7. The summed E-state index contributed by atoms with van der Waals surface area (Å²) in [7, 11) is 0. The Labute approximate surface area is 223 Å². The number of hydrogen-bond donors (Lipinski definition) is 1. The van der Waals surface area contributed by atoms with Crippen LogP contribution in [0.15, 0.2) is 115 Å². The molecule has 0 bridgehead atoms. The second-order valence-electron chi connectivity index (χ2n) is 9.54. The first-order chi connectivity index (χ1) is 18.6. The maximum absolute atomic E-state index is 13.1. The van der Waals surface area contributed by atoms with E-state index in [0.29, 0.717) is 24.6 Å². The lowest BCUT2D eigenvalue weighted by atomic mass is 10.0. The largest absolute Gasteiger partial charge is 0.489 e. The number of carbonyl (C=O) groups excluding carboxylic acids is 1. The topological polar surface area (TPSA) is 56.1 Å². The van der Waals surface area contributed by atoms with Crippen molar-refractivity contribution in [2.24, 2.45) is 0 Å². The van der Waals surface area contributed by atoms with Gasteiger partial charge >= 0.3 is 0 Å². The van der Waals surface area contributed by atoms with Crippen molar-refractivity contribution in [2.75, 3.05) is 0 Å². The average molecular weight is 502 g/mol. The van der Waals surface area contributed by atoms with Crippen molar-refractivity contribution in [3.8, 4) is 22.7 Å². The first kappa shape index (κ1) is 25.0. The predicted molar refractivity (Wildman–Crippen MR) is 151 cm³/mol. The highest BCUT2D eigenvalue weighted by molar-refractivity contribution is 5.94. The lowest BCUT2D eigenvalue weighted by Crippen LogP contribution is -2.23. The number of carbonyl (C=O) groups is 1. The minimum Gasteiger partial charge on any atom is -0.489 e. The van der Waals surface area contributed by atoms with Crippen LogP contribution in [0, 0.1) is 0 Å². The van der Waals surface area contributed by atoms with Crippen molar-refractivity contribution in [1.82, 2.24) is 15.1 Å². The van der Waals surface area contributed by atoms with E-state index in [1.54, 1.807) is 0 Å². The highest BCUT2D eigenvalue weighted by Crippen LogP contribution is 2.24. The third-order valence-corrected chi connectivity index (χ3v) is 6.44. The Bertz CT molecular complexity index is 1490. The molecule has 5 nitrogen and oxygen atoms in total. The number of hydrogen-bond acceptors (Lipinski definition) is 3. The molecule has 0 radical (unpaired) electrons. The molecule has 4 aromatic carbocycles. The molecule has 0 saturated carbocycles. The molecule has 5 heteroatoms. The van der Waals surface area contributed by atoms with Crippen LogP contribution in [0.2, 0.25) is 0 Å². The Morgan fingerprint density at radius 3 is 2.29 bits per heavy atom. The standard InChI is InChI=1S/C33H31N3O2/c1-24(2)26-16-18-31(19-17-26)38-23-25-10-9-13-28(20-25)33(37)34-21-29-22-36(30-14-7-4-8-15-30)35-32(29)27-11-5-3-6-12-27/h3-20,22,24H,21,23H2,1-2H3,(H,34,37). The van der Waals surface area contributed by atoms with Gasteiger partial charge in [0.25, 0.3) is 5.91 Å². The van der Waals surface area contributed by atoms with Gasteiger partial charge in [0.1, 0.15) is 12.4 Å². The molecule has 1 amide bonds. The molecule has 0 aliphatic rings. The van der Waals surface area contributed by atoms with Crippen LogP contribution in [-0.4, -0.2) is 15.7 Å². The van der Waals surface area contributed by atoms with Crippen molar-refractivity contribution in [3.63, 3.8) is 0 Å². The zero-order valence-corrected chi connectivity index (χ0v) is 21.7. The fourth-order valence-electron chi connectivity index (χ4n) is 4.29. The van der Waals surface area contributed by atoms with Crippen molar-refractivity contribution in [3.05, 3.63) is 138 Å². The molecule has 5 rings (SSSR count). The van der Waals surface area contributed by atoms with Crippen LogP contribution in [0.1, 0.15) is 46.8 Å². The number of para-hydroxylation sites is 1. The molecule has 1 aromatic heterocycles. The van der Waals surface area contributed by atoms with E-state index in [1.807, 2.05) is 108 Å². The molecule has 38 heavy (non-hydrogen) atoms. The molecule has 1 N–H and O–H groups in total. The van der Waals surface area contributed by atoms with Gasteiger partial charge in [-0.15, -0.1) is 0 Å². The first-order valence-electron chi connectivity index (χ1n) is 12.9. The average Bonchev–Trinajstić information content (AvgIpc) is 3.40. The predicted octanol–water partition coefficient (Wildman–Crippen LogP) is 7.17. The van der Waals surface area contributed by atoms with E-state index in [0.717, 1.165) is 33.8 Å². The third-order valence-electron chi connectivity index (χ3n) is 6.44. The Balaban J connectivity index is 1.28. The van der Waals surface area contributed by atoms with Crippen LogP contribution in [0.3, 0.4) is 0 Å². The van der Waals surface area contributed by atoms with E-state index < -0.39 is 0 Å². The SMILES string of the molecule is CC(C)c1ccc(OCc2cccc(C(=O)NCc3cn(-c4ccccc4)nc3-c3ccccc3)c2)cc1. The summed E-state index contributed by atoms with van der Waals surface area (Å²) < 4.78 is 7.81. The third kappa shape index (κ3) is 6.01. The molecule has 0 atom stereocenters. The van der Waals surface area contributed by atoms with Gasteiger partial charge in [0.05, 0.1) is 11.4 Å². The fourth-order valence-corrected chi connectivity index (χ4v) is 4.29. The molecule has 1 heterocycles. The molecule has 0 fully saturated rings. The Hall–Kier alpha value is -4.64. The van der Waals surface area contributed by atoms with Crippen LogP contribution in [-0.2, 0) is 13.2 Å². The first-order valence-corrected chi connectivity index (χ1v) is 12.9. The van der Waals surface area contributed by atoms with Crippen LogP contribution in [0.5, 0.6) is 5.75 Å². The van der Waals surface area contributed by atoms with E-state index >= 15 is 0 Å². The van der Waals surface area contributed by atoms with Gasteiger partial charge in [0.2, 0.25) is 0 Å². The quantitative estimate of drug-likeness (QED) is 0.233. The summed E-state index contributed by atoms with van der Waals surface area (Å²) in [5.74, 6) is 1.16. The smallest absolute Gasteiger partial charge is 0.251 e. The second-order valence-corrected chi connectivity index (χ2v) is 9.54. The van der Waals surface area contributed by atoms with Crippen molar-refractivity contribution >= 4 is 5.91 Å². The van der Waals surface area contributed by atoms with Gasteiger partial charge in [-0.1, -0.05) is 86.6 Å². The van der Waals surface area contributed by atoms with Crippen LogP contribution < -0.4 is 10.1 Å². The van der Waals surface area contributed by atoms with Gasteiger partial charge in [0.15, 0.2) is 0 Å². The van der Waals surface area contributed by atoms with E-state index in [2.05, 4.69) is 31.3 Å². The second kappa shape index (κ2) is 11.6. The van der Waals surface area contributed by atoms with Gasteiger partial charge in [-0.2, -0.15) is 5.10 Å². The molecule has 0 saturated heterocycles. The summed E-state index contributed by atoms with van der Waals surface area (Å²) in [5.41, 5.74) is 6.57. The number of benzene rings is 4. The number of rotatable bonds is 9. The van der Waals surface area contributed by atoms with Crippen molar-refractivity contribution in [1.29, 1.82) is 0 Å². The molecule has 0 aliphatic carbocycles. The zero-order chi connectivity index (χ0) is 26.3. The van der Waals surface area contributed by atoms with E-state index in [9.17, 15) is 4.79 Å². The monoisotopic (exact) mass is 501 g/mol. The maximum Gasteiger partial charge on any atom is 0.251 e. The van der Waals surface area contributed by atoms with E-state index in [-0.39, 0.29) is 5.91 Å². The fraction of sp³-hybridized carbons (Fsp3) is 0.152. The molecular weight excluding hydrogens is 470 g/mol. The summed E-state index contributed by atoms with van der Waals surface area (Å²) in [4.78, 5) is 13.1. The normalized spacial score (nSPS) is 10.9. The van der Waals surface area contributed by atoms with E-state index in [4.69, 9.17) is 9.84 Å². The summed E-state index contributed by atoms with van der Waals surface area (Å²) >= 11 is 0. The molecular formula is C33H31N3O2. The van der Waals surface area contributed by atoms with Gasteiger partial charge in [-0.05, 0) is 53.4 Å². The summed E-state index contributed by atoms with van der Waals surface area (Å²) in [6.45, 7) is 5.09. The maximum atomic E-state index is 13.1. The minimum atomic E-state index is -0.139. The number of aromatic nitrogens is 2. The van der Waals surface area contributed by atoms with Crippen molar-refractivity contribution in [2.45, 2.75) is 32.9 Å². The molecule has 0 unspecified atom stereocenters. The number of nitrogens with one attached hydrogen (secondary N) is 1. The highest BCUT2D eigenvalue weighted by atomic mass is 16.5. The Morgan fingerprint density at radius 2 is 1.58 bits per heavy atom. The lowest BCUT2D eigenvalue weighted by Gasteiger charge is -2.10. The summed E-state index contributed by atoms with van der Waals surface area (Å²) in [6, 6.07) is 35.7. The number of nitrogens with zero attached hydrogens (tertiary/aromatic N) is 2. The molecule has 0 aliphatic heterocycles. The number of ether oxygens (including phenoxy) is 1. The van der Waals surface area contributed by atoms with Gasteiger partial charge in [0, 0.05) is 29.4 Å². The summed E-state index contributed by atoms with van der Waals surface area (Å²) in [6.07, 6.45) is 1.98. The minimum absolute atomic E-state index is 0.139. The van der Waals surface area contributed by atoms with Crippen LogP contribution in [0.25, 0.3) is 16.9 Å². The Morgan fingerprint density at radius 1 is 0.868 bits per heavy atom. The summed E-state index contributed by atoms with van der Waals surface area (Å²) in [5, 5.41) is 7.91. The van der Waals surface area contributed by atoms with Gasteiger partial charge in [-0.25, -0.2) is 4.68 Å².